The Kier molecular flexibility index (Phi) is 7.23. The zero-order valence-corrected chi connectivity index (χ0v) is 20.5. The summed E-state index contributed by atoms with van der Waals surface area (Å²) in [6.07, 6.45) is 2.24. The highest BCUT2D eigenvalue weighted by atomic mass is 19.1. The predicted octanol–water partition coefficient (Wildman–Crippen LogP) is 6.39. The van der Waals surface area contributed by atoms with Gasteiger partial charge in [0, 0.05) is 37.7 Å². The molecule has 5 rings (SSSR count). The van der Waals surface area contributed by atoms with Crippen LogP contribution in [0.2, 0.25) is 0 Å². The highest BCUT2D eigenvalue weighted by Crippen LogP contribution is 2.43. The second-order valence-electron chi connectivity index (χ2n) is 9.49. The minimum absolute atomic E-state index is 0.0992. The first kappa shape index (κ1) is 24.3. The summed E-state index contributed by atoms with van der Waals surface area (Å²) in [4.78, 5) is 2.25. The number of hydrogen-bond acceptors (Lipinski definition) is 4. The van der Waals surface area contributed by atoms with Gasteiger partial charge in [-0.25, -0.2) is 4.39 Å². The van der Waals surface area contributed by atoms with E-state index in [0.717, 1.165) is 65.2 Å². The van der Waals surface area contributed by atoms with Gasteiger partial charge in [-0.3, -0.25) is 9.29 Å². The van der Waals surface area contributed by atoms with Crippen molar-refractivity contribution in [3.8, 4) is 17.2 Å². The zero-order chi connectivity index (χ0) is 25.1. The lowest BCUT2D eigenvalue weighted by Crippen LogP contribution is -2.26. The Balaban J connectivity index is 1.49. The third-order valence-corrected chi connectivity index (χ3v) is 6.94. The number of hydrogen-bond donors (Lipinski definition) is 1. The van der Waals surface area contributed by atoms with Crippen molar-refractivity contribution in [2.75, 3.05) is 32.9 Å². The standard InChI is InChI=1S/C30H31F2NO3/c1-20-17-22(32)5-9-26(20)27-12-16-35-29-18-23(34)6-10-28(29)30(27)21-3-7-24(8-4-21)36-25-11-15-33(19-25)14-2-13-31/h3-10,17-18,25,34H,2,11-16,19H2,1H3/t25-/m0/s1. The molecule has 188 valence electrons. The summed E-state index contributed by atoms with van der Waals surface area (Å²) in [5.74, 6) is 1.31. The lowest BCUT2D eigenvalue weighted by molar-refractivity contribution is 0.198. The van der Waals surface area contributed by atoms with Crippen molar-refractivity contribution in [3.63, 3.8) is 0 Å². The maximum absolute atomic E-state index is 13.9. The van der Waals surface area contributed by atoms with Crippen LogP contribution in [0.4, 0.5) is 8.78 Å². The second-order valence-corrected chi connectivity index (χ2v) is 9.49. The minimum atomic E-state index is -0.285. The molecule has 2 heterocycles. The monoisotopic (exact) mass is 491 g/mol. The van der Waals surface area contributed by atoms with Gasteiger partial charge in [-0.2, -0.15) is 0 Å². The maximum atomic E-state index is 13.9. The molecule has 0 unspecified atom stereocenters. The van der Waals surface area contributed by atoms with Crippen LogP contribution >= 0.6 is 0 Å². The number of aryl methyl sites for hydroxylation is 1. The van der Waals surface area contributed by atoms with Gasteiger partial charge < -0.3 is 14.6 Å². The fraction of sp³-hybridized carbons (Fsp3) is 0.333. The zero-order valence-electron chi connectivity index (χ0n) is 20.5. The van der Waals surface area contributed by atoms with Gasteiger partial charge >= 0.3 is 0 Å². The number of benzene rings is 3. The summed E-state index contributed by atoms with van der Waals surface area (Å²) in [5.41, 5.74) is 5.80. The first-order valence-corrected chi connectivity index (χ1v) is 12.5. The number of nitrogens with zero attached hydrogens (tertiary/aromatic N) is 1. The molecule has 0 aromatic heterocycles. The van der Waals surface area contributed by atoms with Gasteiger partial charge in [-0.15, -0.1) is 0 Å². The Bertz CT molecular complexity index is 1260. The molecule has 0 saturated carbocycles. The molecule has 0 spiro atoms. The van der Waals surface area contributed by atoms with E-state index < -0.39 is 0 Å². The van der Waals surface area contributed by atoms with E-state index in [1.807, 2.05) is 43.3 Å². The van der Waals surface area contributed by atoms with Crippen molar-refractivity contribution >= 4 is 11.1 Å². The maximum Gasteiger partial charge on any atom is 0.130 e. The molecule has 6 heteroatoms. The summed E-state index contributed by atoms with van der Waals surface area (Å²) in [6.45, 7) is 4.60. The van der Waals surface area contributed by atoms with Crippen LogP contribution in [0.5, 0.6) is 17.2 Å². The van der Waals surface area contributed by atoms with Crippen molar-refractivity contribution in [2.24, 2.45) is 0 Å². The number of fused-ring (bicyclic) bond motifs is 1. The van der Waals surface area contributed by atoms with Crippen molar-refractivity contribution in [2.45, 2.75) is 32.3 Å². The average Bonchev–Trinajstić information content (AvgIpc) is 3.22. The van der Waals surface area contributed by atoms with E-state index in [-0.39, 0.29) is 24.3 Å². The lowest BCUT2D eigenvalue weighted by Gasteiger charge is -2.18. The number of phenolic OH excluding ortho intramolecular Hbond substituents is 1. The van der Waals surface area contributed by atoms with Gasteiger partial charge in [0.15, 0.2) is 0 Å². The van der Waals surface area contributed by atoms with Gasteiger partial charge in [0.1, 0.15) is 29.2 Å². The predicted molar refractivity (Wildman–Crippen MR) is 138 cm³/mol. The quantitative estimate of drug-likeness (QED) is 0.416. The summed E-state index contributed by atoms with van der Waals surface area (Å²) in [5, 5.41) is 10.1. The molecule has 0 radical (unpaired) electrons. The smallest absolute Gasteiger partial charge is 0.130 e. The first-order chi connectivity index (χ1) is 17.5. The van der Waals surface area contributed by atoms with Crippen molar-refractivity contribution in [1.82, 2.24) is 4.90 Å². The van der Waals surface area contributed by atoms with Gasteiger partial charge in [0.2, 0.25) is 0 Å². The van der Waals surface area contributed by atoms with Crippen LogP contribution in [0.1, 0.15) is 41.5 Å². The molecule has 3 aromatic carbocycles. The van der Waals surface area contributed by atoms with Gasteiger partial charge in [-0.1, -0.05) is 18.2 Å². The third kappa shape index (κ3) is 5.24. The first-order valence-electron chi connectivity index (χ1n) is 12.5. The molecular weight excluding hydrogens is 460 g/mol. The molecule has 1 N–H and O–H groups in total. The van der Waals surface area contributed by atoms with Crippen LogP contribution in [0.3, 0.4) is 0 Å². The van der Waals surface area contributed by atoms with E-state index in [1.54, 1.807) is 18.2 Å². The minimum Gasteiger partial charge on any atom is -0.508 e. The molecule has 2 aliphatic rings. The SMILES string of the molecule is Cc1cc(F)ccc1C1=C(c2ccc(O[C@H]3CCN(CCCF)C3)cc2)c2ccc(O)cc2OCC1. The van der Waals surface area contributed by atoms with Crippen LogP contribution in [0.15, 0.2) is 60.7 Å². The molecule has 36 heavy (non-hydrogen) atoms. The molecule has 1 saturated heterocycles. The molecule has 3 aromatic rings. The lowest BCUT2D eigenvalue weighted by atomic mass is 9.86. The molecule has 0 aliphatic carbocycles. The van der Waals surface area contributed by atoms with Crippen LogP contribution in [-0.4, -0.2) is 49.0 Å². The molecule has 0 amide bonds. The molecule has 2 aliphatic heterocycles. The summed E-state index contributed by atoms with van der Waals surface area (Å²) in [7, 11) is 0. The summed E-state index contributed by atoms with van der Waals surface area (Å²) >= 11 is 0. The van der Waals surface area contributed by atoms with Crippen molar-refractivity contribution in [3.05, 3.63) is 88.7 Å². The second kappa shape index (κ2) is 10.7. The Morgan fingerprint density at radius 3 is 2.64 bits per heavy atom. The van der Waals surface area contributed by atoms with E-state index in [0.29, 0.717) is 25.2 Å². The van der Waals surface area contributed by atoms with E-state index >= 15 is 0 Å². The fourth-order valence-corrected chi connectivity index (χ4v) is 5.22. The van der Waals surface area contributed by atoms with Crippen molar-refractivity contribution < 1.29 is 23.4 Å². The number of rotatable bonds is 7. The van der Waals surface area contributed by atoms with E-state index in [1.165, 1.54) is 6.07 Å². The number of phenols is 1. The highest BCUT2D eigenvalue weighted by Gasteiger charge is 2.25. The summed E-state index contributed by atoms with van der Waals surface area (Å²) < 4.78 is 38.6. The number of ether oxygens (including phenoxy) is 2. The van der Waals surface area contributed by atoms with Gasteiger partial charge in [0.05, 0.1) is 13.3 Å². The van der Waals surface area contributed by atoms with Gasteiger partial charge in [-0.05, 0) is 84.0 Å². The normalized spacial score (nSPS) is 18.0. The Morgan fingerprint density at radius 1 is 1.06 bits per heavy atom. The number of likely N-dealkylation sites (tertiary alicyclic amines) is 1. The Hall–Kier alpha value is -3.38. The highest BCUT2D eigenvalue weighted by molar-refractivity contribution is 6.01. The van der Waals surface area contributed by atoms with E-state index in [4.69, 9.17) is 9.47 Å². The molecule has 0 bridgehead atoms. The Labute approximate surface area is 210 Å². The number of halogens is 2. The van der Waals surface area contributed by atoms with Gasteiger partial charge in [0.25, 0.3) is 0 Å². The molecule has 4 nitrogen and oxygen atoms in total. The largest absolute Gasteiger partial charge is 0.508 e. The van der Waals surface area contributed by atoms with Crippen molar-refractivity contribution in [1.29, 1.82) is 0 Å². The number of aromatic hydroxyl groups is 1. The van der Waals surface area contributed by atoms with Crippen LogP contribution in [0, 0.1) is 12.7 Å². The van der Waals surface area contributed by atoms with E-state index in [9.17, 15) is 13.9 Å². The average molecular weight is 492 g/mol. The molecular formula is C30H31F2NO3. The molecule has 1 atom stereocenters. The fourth-order valence-electron chi connectivity index (χ4n) is 5.22. The third-order valence-electron chi connectivity index (χ3n) is 6.94. The topological polar surface area (TPSA) is 41.9 Å². The number of alkyl halides is 1. The van der Waals surface area contributed by atoms with Crippen LogP contribution in [-0.2, 0) is 0 Å². The Morgan fingerprint density at radius 2 is 1.86 bits per heavy atom. The molecule has 1 fully saturated rings. The van der Waals surface area contributed by atoms with Crippen LogP contribution < -0.4 is 9.47 Å². The van der Waals surface area contributed by atoms with Crippen LogP contribution in [0.25, 0.3) is 11.1 Å². The summed E-state index contributed by atoms with van der Waals surface area (Å²) in [6, 6.07) is 18.1. The van der Waals surface area contributed by atoms with E-state index in [2.05, 4.69) is 4.90 Å².